The number of nitrogens with zero attached hydrogens (tertiary/aromatic N) is 3. The molecule has 1 unspecified atom stereocenters. The van der Waals surface area contributed by atoms with E-state index in [0.717, 1.165) is 11.2 Å². The Hall–Kier alpha value is -2.64. The Morgan fingerprint density at radius 1 is 1.33 bits per heavy atom. The van der Waals surface area contributed by atoms with Gasteiger partial charge in [-0.15, -0.1) is 0 Å². The topological polar surface area (TPSA) is 67.2 Å². The first kappa shape index (κ1) is 16.2. The van der Waals surface area contributed by atoms with Crippen molar-refractivity contribution in [1.29, 1.82) is 0 Å². The lowest BCUT2D eigenvalue weighted by molar-refractivity contribution is -0.121. The molecule has 1 aliphatic heterocycles. The molecule has 0 bridgehead atoms. The molecular formula is C16H18BFN4O2. The number of nitrogens with one attached hydrogen (secondary N) is 1. The van der Waals surface area contributed by atoms with Gasteiger partial charge in [0, 0.05) is 25.0 Å². The molecule has 1 atom stereocenters. The molecule has 2 aromatic rings. The number of aromatic nitrogens is 2. The van der Waals surface area contributed by atoms with E-state index in [1.807, 2.05) is 11.5 Å². The van der Waals surface area contributed by atoms with E-state index < -0.39 is 23.8 Å². The van der Waals surface area contributed by atoms with Gasteiger partial charge in [-0.2, -0.15) is 0 Å². The zero-order valence-electron chi connectivity index (χ0n) is 13.6. The average Bonchev–Trinajstić information content (AvgIpc) is 3.06. The summed E-state index contributed by atoms with van der Waals surface area (Å²) in [5.74, 6) is -0.829. The first-order chi connectivity index (χ1) is 11.5. The summed E-state index contributed by atoms with van der Waals surface area (Å²) < 4.78 is 15.6. The molecule has 1 N–H and O–H groups in total. The summed E-state index contributed by atoms with van der Waals surface area (Å²) in [7, 11) is 1.80. The highest BCUT2D eigenvalue weighted by atomic mass is 19.1. The standard InChI is InChI=1S/C16H18BFN4O2/c1-10-8-19-9-21(10)5-2-6-22-14(15(23)20-16(22)24)12-7-11(18)3-4-13(12)17/h3-4,7-9,14H,2,5-6,17H2,1H3,(H,20,23,24). The van der Waals surface area contributed by atoms with Crippen LogP contribution in [0.2, 0.25) is 0 Å². The molecule has 6 nitrogen and oxygen atoms in total. The number of urea groups is 1. The fourth-order valence-corrected chi connectivity index (χ4v) is 2.98. The number of benzene rings is 1. The largest absolute Gasteiger partial charge is 0.335 e. The van der Waals surface area contributed by atoms with Crippen LogP contribution in [-0.2, 0) is 11.3 Å². The predicted octanol–water partition coefficient (Wildman–Crippen LogP) is 0.272. The van der Waals surface area contributed by atoms with Gasteiger partial charge in [0.05, 0.1) is 6.33 Å². The van der Waals surface area contributed by atoms with Crippen LogP contribution < -0.4 is 10.8 Å². The first-order valence-corrected chi connectivity index (χ1v) is 7.81. The SMILES string of the molecule is Bc1ccc(F)cc1C1C(=O)NC(=O)N1CCCn1cncc1C. The van der Waals surface area contributed by atoms with Crippen molar-refractivity contribution < 1.29 is 14.0 Å². The van der Waals surface area contributed by atoms with E-state index >= 15 is 0 Å². The van der Waals surface area contributed by atoms with Gasteiger partial charge < -0.3 is 9.47 Å². The van der Waals surface area contributed by atoms with Crippen LogP contribution >= 0.6 is 0 Å². The van der Waals surface area contributed by atoms with Crippen LogP contribution in [-0.4, -0.2) is 40.8 Å². The molecule has 0 radical (unpaired) electrons. The van der Waals surface area contributed by atoms with Gasteiger partial charge >= 0.3 is 6.03 Å². The van der Waals surface area contributed by atoms with Crippen molar-refractivity contribution in [2.45, 2.75) is 25.9 Å². The van der Waals surface area contributed by atoms with Crippen molar-refractivity contribution in [2.75, 3.05) is 6.54 Å². The molecule has 1 aromatic heterocycles. The summed E-state index contributed by atoms with van der Waals surface area (Å²) in [5.41, 5.74) is 2.34. The number of imidazole rings is 1. The maximum Gasteiger partial charge on any atom is 0.325 e. The molecule has 8 heteroatoms. The minimum atomic E-state index is -0.780. The molecule has 0 spiro atoms. The molecule has 1 fully saturated rings. The van der Waals surface area contributed by atoms with Gasteiger partial charge in [-0.05, 0) is 31.0 Å². The van der Waals surface area contributed by atoms with Crippen LogP contribution in [0.5, 0.6) is 0 Å². The number of hydrogen-bond acceptors (Lipinski definition) is 3. The second-order valence-corrected chi connectivity index (χ2v) is 5.97. The van der Waals surface area contributed by atoms with Crippen molar-refractivity contribution >= 4 is 25.2 Å². The molecule has 1 saturated heterocycles. The van der Waals surface area contributed by atoms with Crippen LogP contribution in [0.3, 0.4) is 0 Å². The molecule has 1 aromatic carbocycles. The van der Waals surface area contributed by atoms with Gasteiger partial charge in [0.2, 0.25) is 0 Å². The van der Waals surface area contributed by atoms with Gasteiger partial charge in [0.15, 0.2) is 0 Å². The van der Waals surface area contributed by atoms with Gasteiger partial charge in [0.1, 0.15) is 19.7 Å². The Kier molecular flexibility index (Phi) is 4.37. The summed E-state index contributed by atoms with van der Waals surface area (Å²) in [4.78, 5) is 29.8. The molecule has 3 amide bonds. The molecule has 0 aliphatic carbocycles. The van der Waals surface area contributed by atoms with Crippen LogP contribution in [0.1, 0.15) is 23.7 Å². The van der Waals surface area contributed by atoms with Gasteiger partial charge in [-0.25, -0.2) is 14.2 Å². The summed E-state index contributed by atoms with van der Waals surface area (Å²) in [5, 5.41) is 2.32. The number of carbonyl (C=O) groups is 2. The van der Waals surface area contributed by atoms with Crippen LogP contribution in [0.25, 0.3) is 0 Å². The van der Waals surface area contributed by atoms with Crippen molar-refractivity contribution in [3.8, 4) is 0 Å². The van der Waals surface area contributed by atoms with Gasteiger partial charge in [-0.3, -0.25) is 10.1 Å². The summed E-state index contributed by atoms with van der Waals surface area (Å²) in [6, 6.07) is 3.08. The fraction of sp³-hybridized carbons (Fsp3) is 0.312. The first-order valence-electron chi connectivity index (χ1n) is 7.81. The predicted molar refractivity (Wildman–Crippen MR) is 89.1 cm³/mol. The Morgan fingerprint density at radius 3 is 2.83 bits per heavy atom. The highest BCUT2D eigenvalue weighted by Crippen LogP contribution is 2.25. The second-order valence-electron chi connectivity index (χ2n) is 5.97. The molecule has 124 valence electrons. The summed E-state index contributed by atoms with van der Waals surface area (Å²) in [6.45, 7) is 3.05. The molecule has 1 aliphatic rings. The van der Waals surface area contributed by atoms with Crippen LogP contribution in [0, 0.1) is 12.7 Å². The monoisotopic (exact) mass is 328 g/mol. The van der Waals surface area contributed by atoms with E-state index in [0.29, 0.717) is 25.1 Å². The Balaban J connectivity index is 1.77. The highest BCUT2D eigenvalue weighted by Gasteiger charge is 2.39. The van der Waals surface area contributed by atoms with E-state index in [2.05, 4.69) is 10.3 Å². The zero-order chi connectivity index (χ0) is 17.3. The molecule has 2 heterocycles. The molecule has 24 heavy (non-hydrogen) atoms. The quantitative estimate of drug-likeness (QED) is 0.633. The minimum absolute atomic E-state index is 0.399. The van der Waals surface area contributed by atoms with Gasteiger partial charge in [0.25, 0.3) is 5.91 Å². The van der Waals surface area contributed by atoms with E-state index in [4.69, 9.17) is 0 Å². The number of amides is 3. The van der Waals surface area contributed by atoms with E-state index in [9.17, 15) is 14.0 Å². The van der Waals surface area contributed by atoms with Crippen molar-refractivity contribution in [3.05, 3.63) is 47.8 Å². The summed E-state index contributed by atoms with van der Waals surface area (Å²) in [6.07, 6.45) is 4.17. The number of hydrogen-bond donors (Lipinski definition) is 1. The minimum Gasteiger partial charge on any atom is -0.335 e. The maximum absolute atomic E-state index is 13.6. The fourth-order valence-electron chi connectivity index (χ4n) is 2.98. The molecular weight excluding hydrogens is 310 g/mol. The third kappa shape index (κ3) is 3.04. The number of rotatable bonds is 5. The number of carbonyl (C=O) groups excluding carboxylic acids is 2. The third-order valence-corrected chi connectivity index (χ3v) is 4.31. The van der Waals surface area contributed by atoms with E-state index in [-0.39, 0.29) is 0 Å². The van der Waals surface area contributed by atoms with Gasteiger partial charge in [-0.1, -0.05) is 11.5 Å². The van der Waals surface area contributed by atoms with E-state index in [1.54, 1.807) is 26.4 Å². The lowest BCUT2D eigenvalue weighted by Gasteiger charge is -2.23. The third-order valence-electron chi connectivity index (χ3n) is 4.31. The van der Waals surface area contributed by atoms with Crippen molar-refractivity contribution in [1.82, 2.24) is 19.8 Å². The van der Waals surface area contributed by atoms with Crippen molar-refractivity contribution in [2.24, 2.45) is 0 Å². The highest BCUT2D eigenvalue weighted by molar-refractivity contribution is 6.33. The lowest BCUT2D eigenvalue weighted by atomic mass is 9.86. The Morgan fingerprint density at radius 2 is 2.12 bits per heavy atom. The Labute approximate surface area is 140 Å². The normalized spacial score (nSPS) is 17.4. The summed E-state index contributed by atoms with van der Waals surface area (Å²) >= 11 is 0. The second kappa shape index (κ2) is 6.47. The van der Waals surface area contributed by atoms with Crippen LogP contribution in [0.4, 0.5) is 9.18 Å². The Bertz CT molecular complexity index is 792. The van der Waals surface area contributed by atoms with E-state index in [1.165, 1.54) is 17.0 Å². The number of aryl methyl sites for hydroxylation is 2. The lowest BCUT2D eigenvalue weighted by Crippen LogP contribution is -2.33. The smallest absolute Gasteiger partial charge is 0.325 e. The number of halogens is 1. The average molecular weight is 328 g/mol. The van der Waals surface area contributed by atoms with Crippen LogP contribution in [0.15, 0.2) is 30.7 Å². The molecule has 3 rings (SSSR count). The number of imide groups is 1. The molecule has 0 saturated carbocycles. The zero-order valence-corrected chi connectivity index (χ0v) is 13.6. The maximum atomic E-state index is 13.6. The van der Waals surface area contributed by atoms with Crippen molar-refractivity contribution in [3.63, 3.8) is 0 Å².